The molecule has 1 saturated carbocycles. The minimum Gasteiger partial charge on any atom is -0.332 e. The second-order valence-corrected chi connectivity index (χ2v) is 7.65. The molecule has 0 aromatic carbocycles. The fraction of sp³-hybridized carbons (Fsp3) is 0.750. The van der Waals surface area contributed by atoms with Crippen molar-refractivity contribution in [2.75, 3.05) is 11.9 Å². The third kappa shape index (κ3) is 3.58. The number of nitrogens with zero attached hydrogens (tertiary/aromatic N) is 1. The summed E-state index contributed by atoms with van der Waals surface area (Å²) >= 11 is 3.54. The monoisotopic (exact) mass is 349 g/mol. The van der Waals surface area contributed by atoms with E-state index in [0.29, 0.717) is 12.4 Å². The Morgan fingerprint density at radius 1 is 1.42 bits per heavy atom. The van der Waals surface area contributed by atoms with Crippen LogP contribution in [0.4, 0.5) is 0 Å². The second-order valence-electron chi connectivity index (χ2n) is 5.35. The van der Waals surface area contributed by atoms with Gasteiger partial charge in [0.05, 0.1) is 6.20 Å². The van der Waals surface area contributed by atoms with Crippen LogP contribution in [0.5, 0.6) is 0 Å². The van der Waals surface area contributed by atoms with Gasteiger partial charge in [-0.1, -0.05) is 35.2 Å². The number of aromatic nitrogens is 2. The first-order valence-electron chi connectivity index (χ1n) is 6.55. The van der Waals surface area contributed by atoms with Crippen LogP contribution in [0.2, 0.25) is 0 Å². The molecule has 1 aliphatic rings. The minimum absolute atomic E-state index is 0.0559. The average molecular weight is 350 g/mol. The molecule has 1 heterocycles. The number of alkyl halides is 1. The lowest BCUT2D eigenvalue weighted by Crippen LogP contribution is -2.40. The standard InChI is InChI=1S/C12H20BrN3O2S/c1-10-14-7-11(16-10)19(17,18)15-9-12(8-13)5-3-2-4-6-12/h7,15H,2-6,8-9H2,1H3,(H,14,16). The lowest BCUT2D eigenvalue weighted by atomic mass is 9.76. The minimum atomic E-state index is -3.48. The van der Waals surface area contributed by atoms with Crippen molar-refractivity contribution in [2.24, 2.45) is 5.41 Å². The molecule has 0 saturated heterocycles. The normalized spacial score (nSPS) is 19.5. The molecule has 0 spiro atoms. The molecule has 0 radical (unpaired) electrons. The molecule has 7 heteroatoms. The van der Waals surface area contributed by atoms with E-state index in [2.05, 4.69) is 30.6 Å². The van der Waals surface area contributed by atoms with Crippen molar-refractivity contribution >= 4 is 26.0 Å². The summed E-state index contributed by atoms with van der Waals surface area (Å²) in [6, 6.07) is 0. The highest BCUT2D eigenvalue weighted by atomic mass is 79.9. The number of nitrogens with one attached hydrogen (secondary N) is 2. The molecule has 5 nitrogen and oxygen atoms in total. The molecule has 1 aliphatic carbocycles. The summed E-state index contributed by atoms with van der Waals surface area (Å²) in [5, 5.41) is 0.982. The van der Waals surface area contributed by atoms with Crippen LogP contribution in [0, 0.1) is 12.3 Å². The van der Waals surface area contributed by atoms with E-state index in [1.54, 1.807) is 6.92 Å². The number of hydrogen-bond acceptors (Lipinski definition) is 3. The topological polar surface area (TPSA) is 74.8 Å². The van der Waals surface area contributed by atoms with Crippen molar-refractivity contribution in [1.82, 2.24) is 14.7 Å². The molecule has 2 N–H and O–H groups in total. The highest BCUT2D eigenvalue weighted by molar-refractivity contribution is 9.09. The van der Waals surface area contributed by atoms with E-state index in [-0.39, 0.29) is 10.4 Å². The number of hydrogen-bond donors (Lipinski definition) is 2. The highest BCUT2D eigenvalue weighted by Crippen LogP contribution is 2.37. The predicted molar refractivity (Wildman–Crippen MR) is 77.8 cm³/mol. The van der Waals surface area contributed by atoms with E-state index in [4.69, 9.17) is 0 Å². The maximum Gasteiger partial charge on any atom is 0.257 e. The molecule has 1 aromatic rings. The second kappa shape index (κ2) is 5.93. The summed E-state index contributed by atoms with van der Waals surface area (Å²) in [5.74, 6) is 0.605. The average Bonchev–Trinajstić information content (AvgIpc) is 2.85. The molecule has 0 atom stereocenters. The molecule has 0 unspecified atom stereocenters. The summed E-state index contributed by atoms with van der Waals surface area (Å²) in [4.78, 5) is 6.69. The van der Waals surface area contributed by atoms with Gasteiger partial charge in [-0.05, 0) is 25.2 Å². The van der Waals surface area contributed by atoms with Crippen molar-refractivity contribution in [2.45, 2.75) is 44.1 Å². The van der Waals surface area contributed by atoms with Crippen LogP contribution in [0.3, 0.4) is 0 Å². The third-order valence-corrected chi connectivity index (χ3v) is 6.30. The van der Waals surface area contributed by atoms with E-state index in [1.807, 2.05) is 0 Å². The first-order chi connectivity index (χ1) is 8.97. The number of rotatable bonds is 5. The molecule has 2 rings (SSSR count). The van der Waals surface area contributed by atoms with Crippen LogP contribution >= 0.6 is 15.9 Å². The molecular weight excluding hydrogens is 330 g/mol. The van der Waals surface area contributed by atoms with Gasteiger partial charge < -0.3 is 4.98 Å². The molecule has 0 aliphatic heterocycles. The Hall–Kier alpha value is -0.400. The number of sulfonamides is 1. The smallest absolute Gasteiger partial charge is 0.257 e. The van der Waals surface area contributed by atoms with Gasteiger partial charge in [-0.15, -0.1) is 0 Å². The predicted octanol–water partition coefficient (Wildman–Crippen LogP) is 2.34. The van der Waals surface area contributed by atoms with Gasteiger partial charge in [0.25, 0.3) is 10.0 Å². The van der Waals surface area contributed by atoms with E-state index in [1.165, 1.54) is 25.5 Å². The van der Waals surface area contributed by atoms with Crippen LogP contribution in [0.15, 0.2) is 11.2 Å². The molecule has 1 aromatic heterocycles. The number of aromatic amines is 1. The van der Waals surface area contributed by atoms with Crippen molar-refractivity contribution in [3.63, 3.8) is 0 Å². The molecule has 0 bridgehead atoms. The summed E-state index contributed by atoms with van der Waals surface area (Å²) in [6.45, 7) is 2.22. The Morgan fingerprint density at radius 2 is 2.11 bits per heavy atom. The summed E-state index contributed by atoms with van der Waals surface area (Å²) in [6.07, 6.45) is 7.11. The van der Waals surface area contributed by atoms with E-state index < -0.39 is 10.0 Å². The number of imidazole rings is 1. The number of H-pyrrole nitrogens is 1. The summed E-state index contributed by atoms with van der Waals surface area (Å²) in [7, 11) is -3.48. The fourth-order valence-corrected chi connectivity index (χ4v) is 4.40. The first-order valence-corrected chi connectivity index (χ1v) is 9.15. The van der Waals surface area contributed by atoms with Crippen LogP contribution in [0.1, 0.15) is 37.9 Å². The Balaban J connectivity index is 2.04. The van der Waals surface area contributed by atoms with Crippen molar-refractivity contribution in [1.29, 1.82) is 0 Å². The zero-order valence-corrected chi connectivity index (χ0v) is 13.5. The quantitative estimate of drug-likeness (QED) is 0.801. The maximum absolute atomic E-state index is 12.1. The van der Waals surface area contributed by atoms with E-state index in [9.17, 15) is 8.42 Å². The molecule has 108 valence electrons. The lowest BCUT2D eigenvalue weighted by molar-refractivity contribution is 0.227. The largest absolute Gasteiger partial charge is 0.332 e. The van der Waals surface area contributed by atoms with Crippen molar-refractivity contribution in [3.05, 3.63) is 12.0 Å². The van der Waals surface area contributed by atoms with Gasteiger partial charge in [0.15, 0.2) is 5.03 Å². The van der Waals surface area contributed by atoms with Gasteiger partial charge in [0.2, 0.25) is 0 Å². The van der Waals surface area contributed by atoms with Crippen LogP contribution in [-0.4, -0.2) is 30.3 Å². The third-order valence-electron chi connectivity index (χ3n) is 3.80. The van der Waals surface area contributed by atoms with Crippen molar-refractivity contribution in [3.8, 4) is 0 Å². The number of halogens is 1. The van der Waals surface area contributed by atoms with Crippen LogP contribution in [0.25, 0.3) is 0 Å². The first kappa shape index (κ1) is 15.0. The molecule has 1 fully saturated rings. The Morgan fingerprint density at radius 3 is 2.63 bits per heavy atom. The van der Waals surface area contributed by atoms with Gasteiger partial charge in [-0.3, -0.25) is 0 Å². The summed E-state index contributed by atoms with van der Waals surface area (Å²) in [5.41, 5.74) is 0.0559. The van der Waals surface area contributed by atoms with Gasteiger partial charge >= 0.3 is 0 Å². The van der Waals surface area contributed by atoms with Gasteiger partial charge in [-0.2, -0.15) is 0 Å². The number of aryl methyl sites for hydroxylation is 1. The molecular formula is C12H20BrN3O2S. The zero-order chi connectivity index (χ0) is 13.9. The van der Waals surface area contributed by atoms with Gasteiger partial charge in [0.1, 0.15) is 5.82 Å². The van der Waals surface area contributed by atoms with E-state index >= 15 is 0 Å². The van der Waals surface area contributed by atoms with Gasteiger partial charge in [-0.25, -0.2) is 18.1 Å². The Kier molecular flexibility index (Phi) is 4.68. The molecule has 0 amide bonds. The van der Waals surface area contributed by atoms with Gasteiger partial charge in [0, 0.05) is 11.9 Å². The summed E-state index contributed by atoms with van der Waals surface area (Å²) < 4.78 is 27.0. The Labute approximate surface area is 122 Å². The fourth-order valence-electron chi connectivity index (χ4n) is 2.52. The molecule has 19 heavy (non-hydrogen) atoms. The zero-order valence-electron chi connectivity index (χ0n) is 11.1. The van der Waals surface area contributed by atoms with Crippen LogP contribution in [-0.2, 0) is 10.0 Å². The van der Waals surface area contributed by atoms with Crippen molar-refractivity contribution < 1.29 is 8.42 Å². The highest BCUT2D eigenvalue weighted by Gasteiger charge is 2.32. The Bertz CT molecular complexity index is 521. The lowest BCUT2D eigenvalue weighted by Gasteiger charge is -2.35. The van der Waals surface area contributed by atoms with E-state index in [0.717, 1.165) is 18.2 Å². The SMILES string of the molecule is Cc1ncc(S(=O)(=O)NCC2(CBr)CCCCC2)[nH]1. The van der Waals surface area contributed by atoms with Crippen LogP contribution < -0.4 is 4.72 Å². The maximum atomic E-state index is 12.1.